The number of thiazole rings is 1. The van der Waals surface area contributed by atoms with Crippen LogP contribution in [0.25, 0.3) is 11.1 Å². The van der Waals surface area contributed by atoms with Gasteiger partial charge in [0.1, 0.15) is 0 Å². The summed E-state index contributed by atoms with van der Waals surface area (Å²) in [5, 5.41) is 6.22. The number of anilines is 1. The number of benzene rings is 2. The number of carbonyl (C=O) groups is 1. The molecule has 27 heavy (non-hydrogen) atoms. The fraction of sp³-hybridized carbons (Fsp3) is 0.273. The zero-order valence-electron chi connectivity index (χ0n) is 15.2. The summed E-state index contributed by atoms with van der Waals surface area (Å²) >= 11 is 1.70. The molecule has 0 atom stereocenters. The van der Waals surface area contributed by atoms with E-state index in [0.29, 0.717) is 12.1 Å². The second kappa shape index (κ2) is 8.35. The molecule has 0 saturated carbocycles. The van der Waals surface area contributed by atoms with Gasteiger partial charge in [-0.1, -0.05) is 42.5 Å². The average Bonchev–Trinajstić information content (AvgIpc) is 3.40. The first-order valence-electron chi connectivity index (χ1n) is 9.43. The lowest BCUT2D eigenvalue weighted by Gasteiger charge is -2.12. The fourth-order valence-electron chi connectivity index (χ4n) is 3.32. The molecule has 1 aliphatic rings. The minimum Gasteiger partial charge on any atom is -0.352 e. The Morgan fingerprint density at radius 1 is 1.00 bits per heavy atom. The highest BCUT2D eigenvalue weighted by atomic mass is 32.1. The lowest BCUT2D eigenvalue weighted by molar-refractivity contribution is 0.0954. The van der Waals surface area contributed by atoms with Crippen molar-refractivity contribution in [3.8, 4) is 11.1 Å². The first kappa shape index (κ1) is 17.7. The molecule has 1 aromatic heterocycles. The minimum absolute atomic E-state index is 0.0374. The van der Waals surface area contributed by atoms with Gasteiger partial charge in [-0.25, -0.2) is 4.98 Å². The molecule has 0 spiro atoms. The molecule has 2 heterocycles. The Morgan fingerprint density at radius 3 is 2.44 bits per heavy atom. The highest BCUT2D eigenvalue weighted by molar-refractivity contribution is 7.13. The molecule has 4 rings (SSSR count). The highest BCUT2D eigenvalue weighted by Crippen LogP contribution is 2.24. The molecular weight excluding hydrogens is 354 g/mol. The van der Waals surface area contributed by atoms with Crippen molar-refractivity contribution in [2.75, 3.05) is 24.5 Å². The Bertz CT molecular complexity index is 883. The summed E-state index contributed by atoms with van der Waals surface area (Å²) in [6.07, 6.45) is 3.28. The van der Waals surface area contributed by atoms with Crippen LogP contribution in [-0.4, -0.2) is 30.5 Å². The van der Waals surface area contributed by atoms with E-state index < -0.39 is 0 Å². The molecule has 0 unspecified atom stereocenters. The number of nitrogens with one attached hydrogen (secondary N) is 1. The van der Waals surface area contributed by atoms with Crippen LogP contribution in [0, 0.1) is 0 Å². The highest BCUT2D eigenvalue weighted by Gasteiger charge is 2.15. The van der Waals surface area contributed by atoms with Gasteiger partial charge in [0, 0.05) is 37.0 Å². The molecule has 4 nitrogen and oxygen atoms in total. The van der Waals surface area contributed by atoms with Gasteiger partial charge in [0.25, 0.3) is 5.91 Å². The van der Waals surface area contributed by atoms with E-state index in [9.17, 15) is 4.79 Å². The van der Waals surface area contributed by atoms with Crippen LogP contribution in [0.1, 0.15) is 28.9 Å². The van der Waals surface area contributed by atoms with Crippen molar-refractivity contribution < 1.29 is 4.79 Å². The van der Waals surface area contributed by atoms with Crippen LogP contribution in [0.5, 0.6) is 0 Å². The molecule has 1 saturated heterocycles. The molecule has 1 aliphatic heterocycles. The fourth-order valence-corrected chi connectivity index (χ4v) is 4.23. The van der Waals surface area contributed by atoms with Crippen molar-refractivity contribution in [3.63, 3.8) is 0 Å². The molecule has 1 N–H and O–H groups in total. The molecule has 3 aromatic rings. The van der Waals surface area contributed by atoms with Gasteiger partial charge < -0.3 is 10.2 Å². The van der Waals surface area contributed by atoms with Crippen molar-refractivity contribution in [3.05, 3.63) is 71.2 Å². The summed E-state index contributed by atoms with van der Waals surface area (Å²) in [5.74, 6) is -0.0374. The Morgan fingerprint density at radius 2 is 1.70 bits per heavy atom. The number of hydrogen-bond acceptors (Lipinski definition) is 4. The van der Waals surface area contributed by atoms with E-state index in [2.05, 4.69) is 27.7 Å². The lowest BCUT2D eigenvalue weighted by Crippen LogP contribution is -2.25. The largest absolute Gasteiger partial charge is 0.352 e. The van der Waals surface area contributed by atoms with Gasteiger partial charge in [-0.15, -0.1) is 11.3 Å². The van der Waals surface area contributed by atoms with Crippen LogP contribution in [-0.2, 0) is 6.42 Å². The number of carbonyl (C=O) groups excluding carboxylic acids is 1. The van der Waals surface area contributed by atoms with Crippen molar-refractivity contribution in [1.82, 2.24) is 10.3 Å². The monoisotopic (exact) mass is 377 g/mol. The van der Waals surface area contributed by atoms with Crippen LogP contribution in [0.3, 0.4) is 0 Å². The molecule has 2 aromatic carbocycles. The summed E-state index contributed by atoms with van der Waals surface area (Å²) < 4.78 is 0. The van der Waals surface area contributed by atoms with E-state index in [4.69, 9.17) is 4.98 Å². The number of rotatable bonds is 6. The molecule has 138 valence electrons. The molecular formula is C22H23N3OS. The van der Waals surface area contributed by atoms with E-state index >= 15 is 0 Å². The van der Waals surface area contributed by atoms with Crippen LogP contribution >= 0.6 is 11.3 Å². The SMILES string of the molecule is O=C(NCCc1csc(N2CCCC2)n1)c1ccc(-c2ccccc2)cc1. The summed E-state index contributed by atoms with van der Waals surface area (Å²) in [4.78, 5) is 19.4. The summed E-state index contributed by atoms with van der Waals surface area (Å²) in [6.45, 7) is 2.83. The second-order valence-corrected chi connectivity index (χ2v) is 7.60. The van der Waals surface area contributed by atoms with E-state index in [1.165, 1.54) is 12.8 Å². The summed E-state index contributed by atoms with van der Waals surface area (Å²) in [6, 6.07) is 17.9. The van der Waals surface area contributed by atoms with Gasteiger partial charge in [-0.3, -0.25) is 4.79 Å². The number of aromatic nitrogens is 1. The summed E-state index contributed by atoms with van der Waals surface area (Å²) in [5.41, 5.74) is 4.01. The Balaban J connectivity index is 1.29. The normalized spacial score (nSPS) is 13.7. The van der Waals surface area contributed by atoms with Crippen LogP contribution in [0.2, 0.25) is 0 Å². The standard InChI is InChI=1S/C22H23N3OS/c26-21(19-10-8-18(9-11-19)17-6-2-1-3-7-17)23-13-12-20-16-27-22(24-20)25-14-4-5-15-25/h1-3,6-11,16H,4-5,12-15H2,(H,23,26). The van der Waals surface area contributed by atoms with E-state index in [1.54, 1.807) is 11.3 Å². The quantitative estimate of drug-likeness (QED) is 0.693. The molecule has 0 aliphatic carbocycles. The molecule has 0 bridgehead atoms. The number of hydrogen-bond donors (Lipinski definition) is 1. The molecule has 0 radical (unpaired) electrons. The van der Waals surface area contributed by atoms with Crippen LogP contribution in [0.15, 0.2) is 60.0 Å². The lowest BCUT2D eigenvalue weighted by atomic mass is 10.0. The zero-order valence-corrected chi connectivity index (χ0v) is 16.0. The summed E-state index contributed by atoms with van der Waals surface area (Å²) in [7, 11) is 0. The first-order valence-corrected chi connectivity index (χ1v) is 10.3. The third-order valence-electron chi connectivity index (χ3n) is 4.84. The maximum Gasteiger partial charge on any atom is 0.251 e. The van der Waals surface area contributed by atoms with E-state index in [-0.39, 0.29) is 5.91 Å². The van der Waals surface area contributed by atoms with Crippen molar-refractivity contribution >= 4 is 22.4 Å². The van der Waals surface area contributed by atoms with E-state index in [1.807, 2.05) is 42.5 Å². The molecule has 1 fully saturated rings. The average molecular weight is 378 g/mol. The predicted molar refractivity (Wildman–Crippen MR) is 111 cm³/mol. The Kier molecular flexibility index (Phi) is 5.49. The topological polar surface area (TPSA) is 45.2 Å². The van der Waals surface area contributed by atoms with E-state index in [0.717, 1.165) is 41.5 Å². The Hall–Kier alpha value is -2.66. The van der Waals surface area contributed by atoms with Crippen molar-refractivity contribution in [2.45, 2.75) is 19.3 Å². The maximum absolute atomic E-state index is 12.4. The smallest absolute Gasteiger partial charge is 0.251 e. The van der Waals surface area contributed by atoms with Gasteiger partial charge in [0.15, 0.2) is 5.13 Å². The van der Waals surface area contributed by atoms with Gasteiger partial charge >= 0.3 is 0 Å². The van der Waals surface area contributed by atoms with Gasteiger partial charge in [-0.2, -0.15) is 0 Å². The first-order chi connectivity index (χ1) is 13.3. The van der Waals surface area contributed by atoms with Crippen LogP contribution in [0.4, 0.5) is 5.13 Å². The van der Waals surface area contributed by atoms with Crippen LogP contribution < -0.4 is 10.2 Å². The number of amides is 1. The maximum atomic E-state index is 12.4. The minimum atomic E-state index is -0.0374. The number of nitrogens with zero attached hydrogens (tertiary/aromatic N) is 2. The Labute approximate surface area is 163 Å². The van der Waals surface area contributed by atoms with Crippen molar-refractivity contribution in [2.24, 2.45) is 0 Å². The molecule has 5 heteroatoms. The van der Waals surface area contributed by atoms with Gasteiger partial charge in [-0.05, 0) is 36.1 Å². The van der Waals surface area contributed by atoms with Gasteiger partial charge in [0.05, 0.1) is 5.69 Å². The molecule has 1 amide bonds. The zero-order chi connectivity index (χ0) is 18.5. The van der Waals surface area contributed by atoms with Gasteiger partial charge in [0.2, 0.25) is 0 Å². The predicted octanol–water partition coefficient (Wildman–Crippen LogP) is 4.38. The van der Waals surface area contributed by atoms with Crippen molar-refractivity contribution in [1.29, 1.82) is 0 Å². The second-order valence-electron chi connectivity index (χ2n) is 6.76. The third kappa shape index (κ3) is 4.37. The third-order valence-corrected chi connectivity index (χ3v) is 5.79.